The number of aromatic nitrogens is 2. The number of piperidine rings is 2. The minimum atomic E-state index is -0.685. The van der Waals surface area contributed by atoms with Crippen molar-refractivity contribution in [3.8, 4) is 0 Å². The van der Waals surface area contributed by atoms with Gasteiger partial charge >= 0.3 is 0 Å². The second-order valence-corrected chi connectivity index (χ2v) is 7.69. The summed E-state index contributed by atoms with van der Waals surface area (Å²) in [6, 6.07) is 7.50. The van der Waals surface area contributed by atoms with Crippen LogP contribution in [0.1, 0.15) is 36.0 Å². The minimum Gasteiger partial charge on any atom is -0.340 e. The van der Waals surface area contributed by atoms with E-state index in [0.29, 0.717) is 31.5 Å². The molecule has 3 heterocycles. The third kappa shape index (κ3) is 4.21. The van der Waals surface area contributed by atoms with E-state index in [1.807, 2.05) is 17.2 Å². The number of Topliss-reactive ketones (excluding diaryl/α,β-unsaturated/α-hetero) is 1. The summed E-state index contributed by atoms with van der Waals surface area (Å²) in [5.41, 5.74) is -0.181. The van der Waals surface area contributed by atoms with Crippen LogP contribution in [0.5, 0.6) is 0 Å². The molecule has 29 heavy (non-hydrogen) atoms. The van der Waals surface area contributed by atoms with E-state index in [0.717, 1.165) is 25.9 Å². The van der Waals surface area contributed by atoms with Crippen LogP contribution in [-0.4, -0.2) is 52.5 Å². The Morgan fingerprint density at radius 2 is 1.90 bits per heavy atom. The molecule has 1 aromatic carbocycles. The number of likely N-dealkylation sites (tertiary alicyclic amines) is 1. The van der Waals surface area contributed by atoms with Gasteiger partial charge in [0.1, 0.15) is 11.4 Å². The molecule has 2 aromatic rings. The first-order chi connectivity index (χ1) is 13.6. The number of benzene rings is 1. The molecule has 6 nitrogen and oxygen atoms in total. The zero-order chi connectivity index (χ0) is 19.6. The summed E-state index contributed by atoms with van der Waals surface area (Å²) in [6.45, 7) is 2.59. The fraction of sp³-hybridized carbons (Fsp3) is 0.476. The zero-order valence-electron chi connectivity index (χ0n) is 16.2. The Balaban J connectivity index is 0.00000240. The van der Waals surface area contributed by atoms with Gasteiger partial charge in [-0.15, -0.1) is 12.4 Å². The molecular weight excluding hydrogens is 395 g/mol. The number of nitrogens with one attached hydrogen (secondary N) is 1. The first-order valence-corrected chi connectivity index (χ1v) is 9.90. The monoisotopic (exact) mass is 420 g/mol. The van der Waals surface area contributed by atoms with Gasteiger partial charge in [-0.3, -0.25) is 14.3 Å². The SMILES string of the molecule is Cl.O=C(c1ccc(F)cc1)C1CCCN(C(=O)C2(n3cccn3)CCNCC2)C1. The van der Waals surface area contributed by atoms with Gasteiger partial charge in [-0.2, -0.15) is 5.10 Å². The lowest BCUT2D eigenvalue weighted by Crippen LogP contribution is -2.57. The maximum Gasteiger partial charge on any atom is 0.250 e. The van der Waals surface area contributed by atoms with Crippen molar-refractivity contribution >= 4 is 24.1 Å². The van der Waals surface area contributed by atoms with Crippen LogP contribution in [0.25, 0.3) is 0 Å². The average Bonchev–Trinajstić information content (AvgIpc) is 3.29. The van der Waals surface area contributed by atoms with E-state index in [1.165, 1.54) is 24.3 Å². The normalized spacial score (nSPS) is 21.3. The van der Waals surface area contributed by atoms with Gasteiger partial charge in [0, 0.05) is 37.0 Å². The molecule has 1 unspecified atom stereocenters. The number of rotatable bonds is 4. The molecule has 4 rings (SSSR count). The number of hydrogen-bond acceptors (Lipinski definition) is 4. The topological polar surface area (TPSA) is 67.2 Å². The standard InChI is InChI=1S/C21H25FN4O2.ClH/c22-18-6-4-16(5-7-18)19(27)17-3-1-13-25(15-17)20(28)21(8-11-23-12-9-21)26-14-2-10-24-26;/h2,4-7,10,14,17,23H,1,3,8-9,11-13,15H2;1H. The Hall–Kier alpha value is -2.25. The Morgan fingerprint density at radius 3 is 2.55 bits per heavy atom. The van der Waals surface area contributed by atoms with Crippen LogP contribution < -0.4 is 5.32 Å². The largest absolute Gasteiger partial charge is 0.340 e. The van der Waals surface area contributed by atoms with Crippen LogP contribution >= 0.6 is 12.4 Å². The predicted octanol–water partition coefficient (Wildman–Crippen LogP) is 2.64. The summed E-state index contributed by atoms with van der Waals surface area (Å²) >= 11 is 0. The molecule has 2 aliphatic rings. The van der Waals surface area contributed by atoms with E-state index in [1.54, 1.807) is 10.9 Å². The molecule has 1 atom stereocenters. The number of hydrogen-bond donors (Lipinski definition) is 1. The van der Waals surface area contributed by atoms with Gasteiger partial charge in [-0.05, 0) is 69.1 Å². The lowest BCUT2D eigenvalue weighted by Gasteiger charge is -2.42. The zero-order valence-corrected chi connectivity index (χ0v) is 17.0. The number of amides is 1. The summed E-state index contributed by atoms with van der Waals surface area (Å²) in [7, 11) is 0. The highest BCUT2D eigenvalue weighted by Crippen LogP contribution is 2.32. The number of ketones is 1. The minimum absolute atomic E-state index is 0. The van der Waals surface area contributed by atoms with E-state index in [9.17, 15) is 14.0 Å². The van der Waals surface area contributed by atoms with Crippen LogP contribution in [0.15, 0.2) is 42.7 Å². The van der Waals surface area contributed by atoms with Crippen molar-refractivity contribution in [2.45, 2.75) is 31.2 Å². The van der Waals surface area contributed by atoms with Gasteiger partial charge in [0.05, 0.1) is 0 Å². The molecule has 0 spiro atoms. The summed E-state index contributed by atoms with van der Waals surface area (Å²) in [6.07, 6.45) is 6.46. The second kappa shape index (κ2) is 9.05. The summed E-state index contributed by atoms with van der Waals surface area (Å²) in [4.78, 5) is 28.3. The Kier molecular flexibility index (Phi) is 6.70. The van der Waals surface area contributed by atoms with Crippen molar-refractivity contribution in [2.24, 2.45) is 5.92 Å². The second-order valence-electron chi connectivity index (χ2n) is 7.69. The van der Waals surface area contributed by atoms with Crippen molar-refractivity contribution in [2.75, 3.05) is 26.2 Å². The maximum atomic E-state index is 13.6. The molecule has 2 saturated heterocycles. The van der Waals surface area contributed by atoms with Crippen molar-refractivity contribution < 1.29 is 14.0 Å². The maximum absolute atomic E-state index is 13.6. The third-order valence-corrected chi connectivity index (χ3v) is 5.98. The lowest BCUT2D eigenvalue weighted by molar-refractivity contribution is -0.144. The van der Waals surface area contributed by atoms with Gasteiger partial charge < -0.3 is 10.2 Å². The van der Waals surface area contributed by atoms with Crippen molar-refractivity contribution in [3.63, 3.8) is 0 Å². The molecule has 0 aliphatic carbocycles. The summed E-state index contributed by atoms with van der Waals surface area (Å²) in [5.74, 6) is -0.575. The van der Waals surface area contributed by atoms with Gasteiger partial charge in [-0.25, -0.2) is 4.39 Å². The van der Waals surface area contributed by atoms with Gasteiger partial charge in [0.15, 0.2) is 5.78 Å². The fourth-order valence-electron chi connectivity index (χ4n) is 4.42. The van der Waals surface area contributed by atoms with Crippen molar-refractivity contribution in [1.29, 1.82) is 0 Å². The van der Waals surface area contributed by atoms with Gasteiger partial charge in [0.2, 0.25) is 0 Å². The Bertz CT molecular complexity index is 835. The van der Waals surface area contributed by atoms with Crippen molar-refractivity contribution in [1.82, 2.24) is 20.0 Å². The number of carbonyl (C=O) groups is 2. The molecule has 8 heteroatoms. The Labute approximate surface area is 175 Å². The van der Waals surface area contributed by atoms with Crippen LogP contribution in [0.4, 0.5) is 4.39 Å². The first kappa shape index (κ1) is 21.5. The highest BCUT2D eigenvalue weighted by molar-refractivity contribution is 5.98. The van der Waals surface area contributed by atoms with E-state index >= 15 is 0 Å². The smallest absolute Gasteiger partial charge is 0.250 e. The third-order valence-electron chi connectivity index (χ3n) is 5.98. The van der Waals surface area contributed by atoms with Crippen molar-refractivity contribution in [3.05, 3.63) is 54.1 Å². The number of halogens is 2. The summed E-state index contributed by atoms with van der Waals surface area (Å²) < 4.78 is 15.0. The molecule has 2 fully saturated rings. The molecule has 0 radical (unpaired) electrons. The Morgan fingerprint density at radius 1 is 1.17 bits per heavy atom. The molecule has 0 saturated carbocycles. The van der Waals surface area contributed by atoms with Crippen LogP contribution in [0.2, 0.25) is 0 Å². The fourth-order valence-corrected chi connectivity index (χ4v) is 4.42. The van der Waals surface area contributed by atoms with E-state index in [2.05, 4.69) is 10.4 Å². The van der Waals surface area contributed by atoms with Gasteiger partial charge in [0.25, 0.3) is 5.91 Å². The van der Waals surface area contributed by atoms with Crippen LogP contribution in [-0.2, 0) is 10.3 Å². The number of nitrogens with zero attached hydrogens (tertiary/aromatic N) is 3. The molecule has 1 amide bonds. The molecule has 1 aromatic heterocycles. The van der Waals surface area contributed by atoms with E-state index in [4.69, 9.17) is 0 Å². The average molecular weight is 421 g/mol. The highest BCUT2D eigenvalue weighted by Gasteiger charge is 2.45. The predicted molar refractivity (Wildman–Crippen MR) is 110 cm³/mol. The highest BCUT2D eigenvalue weighted by atomic mass is 35.5. The first-order valence-electron chi connectivity index (χ1n) is 9.90. The van der Waals surface area contributed by atoms with E-state index in [-0.39, 0.29) is 35.8 Å². The van der Waals surface area contributed by atoms with Gasteiger partial charge in [-0.1, -0.05) is 0 Å². The summed E-state index contributed by atoms with van der Waals surface area (Å²) in [5, 5.41) is 7.69. The molecular formula is C21H26ClFN4O2. The lowest BCUT2D eigenvalue weighted by atomic mass is 9.84. The molecule has 2 aliphatic heterocycles. The van der Waals surface area contributed by atoms with E-state index < -0.39 is 5.54 Å². The molecule has 1 N–H and O–H groups in total. The van der Waals surface area contributed by atoms with Crippen LogP contribution in [0, 0.1) is 11.7 Å². The number of carbonyl (C=O) groups excluding carboxylic acids is 2. The quantitative estimate of drug-likeness (QED) is 0.772. The van der Waals surface area contributed by atoms with Crippen LogP contribution in [0.3, 0.4) is 0 Å². The molecule has 0 bridgehead atoms. The molecule has 156 valence electrons.